The predicted octanol–water partition coefficient (Wildman–Crippen LogP) is 4.71. The summed E-state index contributed by atoms with van der Waals surface area (Å²) in [6.07, 6.45) is 7.01. The molecule has 1 amide bonds. The van der Waals surface area contributed by atoms with Crippen LogP contribution in [0.25, 0.3) is 22.0 Å². The Kier molecular flexibility index (Phi) is 5.04. The van der Waals surface area contributed by atoms with E-state index in [-0.39, 0.29) is 11.9 Å². The first kappa shape index (κ1) is 18.1. The molecule has 0 aliphatic heterocycles. The Morgan fingerprint density at radius 1 is 1.14 bits per heavy atom. The third-order valence-electron chi connectivity index (χ3n) is 4.64. The van der Waals surface area contributed by atoms with Crippen molar-refractivity contribution in [3.63, 3.8) is 0 Å². The summed E-state index contributed by atoms with van der Waals surface area (Å²) in [5.41, 5.74) is 2.83. The zero-order valence-corrected chi connectivity index (χ0v) is 16.5. The number of para-hydroxylation sites is 2. The number of amides is 1. The molecule has 2 heterocycles. The molecule has 0 saturated carbocycles. The molecule has 0 bridgehead atoms. The first-order valence-corrected chi connectivity index (χ1v) is 9.84. The van der Waals surface area contributed by atoms with Gasteiger partial charge >= 0.3 is 0 Å². The van der Waals surface area contributed by atoms with Crippen molar-refractivity contribution in [2.45, 2.75) is 13.0 Å². The monoisotopic (exact) mass is 388 g/mol. The Labute approximate surface area is 167 Å². The largest absolute Gasteiger partial charge is 0.333 e. The molecular formula is C22H20N4OS. The van der Waals surface area contributed by atoms with E-state index >= 15 is 0 Å². The van der Waals surface area contributed by atoms with E-state index in [1.165, 1.54) is 0 Å². The second kappa shape index (κ2) is 7.78. The molecule has 1 atom stereocenters. The van der Waals surface area contributed by atoms with Crippen molar-refractivity contribution in [1.29, 1.82) is 0 Å². The van der Waals surface area contributed by atoms with E-state index in [1.54, 1.807) is 46.3 Å². The van der Waals surface area contributed by atoms with Gasteiger partial charge in [-0.1, -0.05) is 30.3 Å². The Morgan fingerprint density at radius 2 is 1.89 bits per heavy atom. The van der Waals surface area contributed by atoms with Crippen LogP contribution in [0.2, 0.25) is 0 Å². The van der Waals surface area contributed by atoms with Gasteiger partial charge in [0.05, 0.1) is 28.1 Å². The van der Waals surface area contributed by atoms with Crippen molar-refractivity contribution in [2.24, 2.45) is 0 Å². The van der Waals surface area contributed by atoms with E-state index in [1.807, 2.05) is 61.7 Å². The van der Waals surface area contributed by atoms with Crippen LogP contribution >= 0.6 is 11.3 Å². The van der Waals surface area contributed by atoms with E-state index in [4.69, 9.17) is 0 Å². The molecule has 5 nitrogen and oxygen atoms in total. The Morgan fingerprint density at radius 3 is 2.68 bits per heavy atom. The highest BCUT2D eigenvalue weighted by Crippen LogP contribution is 2.28. The lowest BCUT2D eigenvalue weighted by Crippen LogP contribution is -2.27. The summed E-state index contributed by atoms with van der Waals surface area (Å²) >= 11 is 1.62. The summed E-state index contributed by atoms with van der Waals surface area (Å²) in [6, 6.07) is 17.8. The maximum absolute atomic E-state index is 12.6. The second-order valence-corrected chi connectivity index (χ2v) is 7.59. The predicted molar refractivity (Wildman–Crippen MR) is 113 cm³/mol. The topological polar surface area (TPSA) is 51.0 Å². The second-order valence-electron chi connectivity index (χ2n) is 6.53. The SMILES string of the molecule is C[C@H](c1nc2ccccc2s1)N(C)C(=O)/C=C/c1cnn(-c2ccccc2)c1. The molecule has 2 aromatic heterocycles. The van der Waals surface area contributed by atoms with Crippen LogP contribution in [-0.2, 0) is 4.79 Å². The summed E-state index contributed by atoms with van der Waals surface area (Å²) in [5.74, 6) is -0.0702. The van der Waals surface area contributed by atoms with Gasteiger partial charge in [-0.25, -0.2) is 9.67 Å². The average molecular weight is 388 g/mol. The van der Waals surface area contributed by atoms with Crippen molar-refractivity contribution in [3.8, 4) is 5.69 Å². The summed E-state index contributed by atoms with van der Waals surface area (Å²) in [7, 11) is 1.80. The summed E-state index contributed by atoms with van der Waals surface area (Å²) in [5, 5.41) is 5.28. The zero-order valence-electron chi connectivity index (χ0n) is 15.7. The molecule has 0 spiro atoms. The quantitative estimate of drug-likeness (QED) is 0.465. The van der Waals surface area contributed by atoms with Crippen molar-refractivity contribution in [3.05, 3.63) is 83.6 Å². The lowest BCUT2D eigenvalue weighted by Gasteiger charge is -2.21. The number of likely N-dealkylation sites (N-methyl/N-ethyl adjacent to an activating group) is 1. The number of nitrogens with zero attached hydrogens (tertiary/aromatic N) is 4. The van der Waals surface area contributed by atoms with Crippen molar-refractivity contribution in [1.82, 2.24) is 19.7 Å². The highest BCUT2D eigenvalue weighted by atomic mass is 32.1. The minimum Gasteiger partial charge on any atom is -0.333 e. The van der Waals surface area contributed by atoms with Gasteiger partial charge in [-0.15, -0.1) is 11.3 Å². The molecule has 0 radical (unpaired) electrons. The van der Waals surface area contributed by atoms with Crippen LogP contribution < -0.4 is 0 Å². The molecule has 28 heavy (non-hydrogen) atoms. The van der Waals surface area contributed by atoms with Crippen LogP contribution in [0.15, 0.2) is 73.1 Å². The highest BCUT2D eigenvalue weighted by Gasteiger charge is 2.19. The fraction of sp³-hybridized carbons (Fsp3) is 0.136. The molecule has 0 fully saturated rings. The number of carbonyl (C=O) groups excluding carboxylic acids is 1. The molecular weight excluding hydrogens is 368 g/mol. The molecule has 0 saturated heterocycles. The lowest BCUT2D eigenvalue weighted by atomic mass is 10.2. The minimum absolute atomic E-state index is 0.0702. The van der Waals surface area contributed by atoms with Gasteiger partial charge < -0.3 is 4.90 Å². The zero-order chi connectivity index (χ0) is 19.5. The molecule has 2 aromatic carbocycles. The van der Waals surface area contributed by atoms with E-state index in [9.17, 15) is 4.79 Å². The summed E-state index contributed by atoms with van der Waals surface area (Å²) in [4.78, 5) is 19.0. The Bertz CT molecular complexity index is 1100. The Balaban J connectivity index is 1.46. The molecule has 140 valence electrons. The first-order valence-electron chi connectivity index (χ1n) is 9.02. The van der Waals surface area contributed by atoms with Gasteiger partial charge in [0.15, 0.2) is 0 Å². The standard InChI is InChI=1S/C22H20N4OS/c1-16(22-24-19-10-6-7-11-20(19)28-22)25(2)21(27)13-12-17-14-23-26(15-17)18-8-4-3-5-9-18/h3-16H,1-2H3/b13-12+/t16-/m1/s1. The molecule has 0 aliphatic rings. The summed E-state index contributed by atoms with van der Waals surface area (Å²) in [6.45, 7) is 2.00. The van der Waals surface area contributed by atoms with Crippen LogP contribution in [-0.4, -0.2) is 32.6 Å². The molecule has 4 rings (SSSR count). The van der Waals surface area contributed by atoms with Gasteiger partial charge in [-0.3, -0.25) is 4.79 Å². The smallest absolute Gasteiger partial charge is 0.246 e. The Hall–Kier alpha value is -3.25. The van der Waals surface area contributed by atoms with Gasteiger partial charge in [-0.2, -0.15) is 5.10 Å². The third kappa shape index (κ3) is 3.73. The number of hydrogen-bond acceptors (Lipinski definition) is 4. The summed E-state index contributed by atoms with van der Waals surface area (Å²) < 4.78 is 2.92. The number of hydrogen-bond donors (Lipinski definition) is 0. The number of benzene rings is 2. The number of rotatable bonds is 5. The molecule has 6 heteroatoms. The van der Waals surface area contributed by atoms with E-state index in [0.29, 0.717) is 0 Å². The van der Waals surface area contributed by atoms with E-state index in [2.05, 4.69) is 16.1 Å². The fourth-order valence-electron chi connectivity index (χ4n) is 2.86. The van der Waals surface area contributed by atoms with Crippen LogP contribution in [0.1, 0.15) is 23.5 Å². The van der Waals surface area contributed by atoms with Crippen molar-refractivity contribution in [2.75, 3.05) is 7.05 Å². The van der Waals surface area contributed by atoms with Gasteiger partial charge in [0.1, 0.15) is 5.01 Å². The van der Waals surface area contributed by atoms with Crippen molar-refractivity contribution < 1.29 is 4.79 Å². The molecule has 0 unspecified atom stereocenters. The lowest BCUT2D eigenvalue weighted by molar-refractivity contribution is -0.126. The van der Waals surface area contributed by atoms with Crippen LogP contribution in [0.4, 0.5) is 0 Å². The molecule has 0 aliphatic carbocycles. The number of thiazole rings is 1. The number of fused-ring (bicyclic) bond motifs is 1. The maximum Gasteiger partial charge on any atom is 0.246 e. The van der Waals surface area contributed by atoms with Crippen LogP contribution in [0, 0.1) is 0 Å². The van der Waals surface area contributed by atoms with Gasteiger partial charge in [0.25, 0.3) is 0 Å². The third-order valence-corrected chi connectivity index (χ3v) is 5.84. The van der Waals surface area contributed by atoms with Gasteiger partial charge in [0, 0.05) is 24.9 Å². The minimum atomic E-state index is -0.0957. The first-order chi connectivity index (χ1) is 13.6. The number of aromatic nitrogens is 3. The normalized spacial score (nSPS) is 12.5. The van der Waals surface area contributed by atoms with Gasteiger partial charge in [-0.05, 0) is 37.3 Å². The van der Waals surface area contributed by atoms with E-state index < -0.39 is 0 Å². The van der Waals surface area contributed by atoms with Crippen molar-refractivity contribution >= 4 is 33.5 Å². The van der Waals surface area contributed by atoms with Crippen LogP contribution in [0.5, 0.6) is 0 Å². The highest BCUT2D eigenvalue weighted by molar-refractivity contribution is 7.18. The van der Waals surface area contributed by atoms with E-state index in [0.717, 1.165) is 26.5 Å². The molecule has 4 aromatic rings. The average Bonchev–Trinajstić information content (AvgIpc) is 3.38. The fourth-order valence-corrected chi connectivity index (χ4v) is 3.92. The maximum atomic E-state index is 12.6. The number of carbonyl (C=O) groups is 1. The van der Waals surface area contributed by atoms with Gasteiger partial charge in [0.2, 0.25) is 5.91 Å². The van der Waals surface area contributed by atoms with Crippen LogP contribution in [0.3, 0.4) is 0 Å². The molecule has 0 N–H and O–H groups in total.